The Morgan fingerprint density at radius 3 is 0.960 bits per heavy atom. The minimum Gasteiger partial charge on any atom is -0.441 e. The summed E-state index contributed by atoms with van der Waals surface area (Å²) in [5.74, 6) is -33.2. The third-order valence-corrected chi connectivity index (χ3v) is 12.9. The van der Waals surface area contributed by atoms with Crippen LogP contribution in [0.5, 0.6) is 5.88 Å². The number of halogens is 16. The fourth-order valence-corrected chi connectivity index (χ4v) is 9.30. The van der Waals surface area contributed by atoms with E-state index in [1.807, 2.05) is 0 Å². The highest BCUT2D eigenvalue weighted by atomic mass is 19.2. The van der Waals surface area contributed by atoms with E-state index in [1.54, 1.807) is 0 Å². The lowest BCUT2D eigenvalue weighted by atomic mass is 9.98. The maximum absolute atomic E-state index is 16.6. The van der Waals surface area contributed by atoms with E-state index in [-0.39, 0.29) is 0 Å². The summed E-state index contributed by atoms with van der Waals surface area (Å²) in [6.07, 6.45) is -2.94. The molecular formula is C53H34F16N4O2. The molecule has 0 amide bonds. The molecule has 1 atom stereocenters. The van der Waals surface area contributed by atoms with E-state index in [1.165, 1.54) is 6.92 Å². The Bertz CT molecular complexity index is 3690. The number of hydrogen-bond acceptors (Lipinski definition) is 4. The molecular weight excluding hydrogens is 1030 g/mol. The summed E-state index contributed by atoms with van der Waals surface area (Å²) in [6.45, 7) is 5.50. The fourth-order valence-electron chi connectivity index (χ4n) is 9.30. The predicted octanol–water partition coefficient (Wildman–Crippen LogP) is 15.7. The van der Waals surface area contributed by atoms with Crippen LogP contribution in [0, 0.1) is 93.1 Å². The van der Waals surface area contributed by atoms with Gasteiger partial charge < -0.3 is 19.4 Å². The first-order valence-electron chi connectivity index (χ1n) is 22.9. The average molecular weight is 1060 g/mol. The van der Waals surface area contributed by atoms with Crippen LogP contribution in [0.1, 0.15) is 80.2 Å². The van der Waals surface area contributed by atoms with Crippen LogP contribution in [0.2, 0.25) is 0 Å². The molecule has 75 heavy (non-hydrogen) atoms. The van der Waals surface area contributed by atoms with Crippen molar-refractivity contribution in [1.29, 1.82) is 0 Å². The third-order valence-electron chi connectivity index (χ3n) is 12.9. The number of nitrogens with zero attached hydrogens (tertiary/aromatic N) is 2. The Morgan fingerprint density at radius 2 is 0.653 bits per heavy atom. The summed E-state index contributed by atoms with van der Waals surface area (Å²) in [5.41, 5.74) is -20.1. The van der Waals surface area contributed by atoms with Crippen LogP contribution in [-0.2, 0) is 30.4 Å². The minimum atomic E-state index is -2.20. The van der Waals surface area contributed by atoms with E-state index in [0.29, 0.717) is 0 Å². The first-order chi connectivity index (χ1) is 35.7. The maximum Gasteiger partial charge on any atom is 0.246 e. The number of benzene rings is 4. The quantitative estimate of drug-likeness (QED) is 0.106. The lowest BCUT2D eigenvalue weighted by molar-refractivity contribution is -0.0697. The second-order valence-electron chi connectivity index (χ2n) is 16.8. The van der Waals surface area contributed by atoms with Gasteiger partial charge in [0.1, 0.15) is 5.69 Å². The lowest BCUT2D eigenvalue weighted by Gasteiger charge is -2.16. The van der Waals surface area contributed by atoms with Gasteiger partial charge >= 0.3 is 0 Å². The van der Waals surface area contributed by atoms with Gasteiger partial charge in [-0.25, -0.2) is 80.2 Å². The summed E-state index contributed by atoms with van der Waals surface area (Å²) in [5, 5.41) is 0. The zero-order chi connectivity index (χ0) is 54.4. The monoisotopic (exact) mass is 1060 g/mol. The molecule has 0 saturated carbocycles. The maximum atomic E-state index is 16.6. The van der Waals surface area contributed by atoms with Crippen molar-refractivity contribution in [2.75, 3.05) is 6.61 Å². The van der Waals surface area contributed by atoms with Gasteiger partial charge in [-0.1, -0.05) is 27.7 Å². The lowest BCUT2D eigenvalue weighted by Crippen LogP contribution is -2.11. The standard InChI is InChI=1S/C53H34F16N4O2/c1-6-17-35(54)43(62)31(44(63)36(17)55)27-21-11-12-22(70-21)28(32-45(64)37(56)18(7-2)38(57)46(32)65)24-14-16-26(72-24)30(34-49(68)41(60)20(9-4)42(61)50(34)69)52-73-51(53(75-52)74-10-5)29(25-15-13-23(27)71-25)33-47(66)39(58)19(8-3)40(59)48(33)67/h11-16,53,71-72H,6-10H2,1-5H3. The number of hydrogen-bond donors (Lipinski definition) is 2. The van der Waals surface area contributed by atoms with E-state index < -0.39 is 243 Å². The molecule has 8 bridgehead atoms. The number of aromatic amines is 2. The molecule has 22 heteroatoms. The molecule has 6 nitrogen and oxygen atoms in total. The number of nitrogens with one attached hydrogen (secondary N) is 2. The van der Waals surface area contributed by atoms with Crippen LogP contribution in [0.4, 0.5) is 70.2 Å². The van der Waals surface area contributed by atoms with E-state index in [2.05, 4.69) is 19.9 Å². The Labute approximate surface area is 413 Å². The van der Waals surface area contributed by atoms with Crippen molar-refractivity contribution >= 4 is 34.2 Å². The zero-order valence-corrected chi connectivity index (χ0v) is 39.3. The average Bonchev–Trinajstić information content (AvgIpc) is 4.25. The van der Waals surface area contributed by atoms with Crippen LogP contribution in [-0.4, -0.2) is 26.5 Å². The molecule has 4 aromatic carbocycles. The molecule has 2 aliphatic heterocycles. The van der Waals surface area contributed by atoms with Crippen molar-refractivity contribution in [2.24, 2.45) is 0 Å². The topological polar surface area (TPSA) is 75.8 Å². The number of aromatic nitrogens is 4. The highest BCUT2D eigenvalue weighted by Gasteiger charge is 2.38. The van der Waals surface area contributed by atoms with Crippen molar-refractivity contribution < 1.29 is 79.7 Å². The molecule has 390 valence electrons. The van der Waals surface area contributed by atoms with Gasteiger partial charge in [-0.2, -0.15) is 0 Å². The smallest absolute Gasteiger partial charge is 0.246 e. The van der Waals surface area contributed by atoms with E-state index >= 15 is 70.2 Å². The predicted molar refractivity (Wildman–Crippen MR) is 244 cm³/mol. The highest BCUT2D eigenvalue weighted by Crippen LogP contribution is 2.48. The molecule has 0 saturated heterocycles. The largest absolute Gasteiger partial charge is 0.441 e. The second-order valence-corrected chi connectivity index (χ2v) is 16.8. The summed E-state index contributed by atoms with van der Waals surface area (Å²) in [4.78, 5) is 13.5. The van der Waals surface area contributed by atoms with Crippen LogP contribution in [0.3, 0.4) is 0 Å². The van der Waals surface area contributed by atoms with Gasteiger partial charge in [0.15, 0.2) is 93.1 Å². The summed E-state index contributed by atoms with van der Waals surface area (Å²) in [6, 6.07) is 3.38. The number of rotatable bonds is 10. The van der Waals surface area contributed by atoms with Gasteiger partial charge in [-0.15, -0.1) is 0 Å². The Balaban J connectivity index is 1.62. The van der Waals surface area contributed by atoms with Crippen molar-refractivity contribution in [3.05, 3.63) is 157 Å². The van der Waals surface area contributed by atoms with Crippen molar-refractivity contribution in [1.82, 2.24) is 19.9 Å². The fraction of sp³-hybridized carbons (Fsp3) is 0.208. The number of ether oxygens (including phenoxy) is 2. The second kappa shape index (κ2) is 19.6. The zero-order valence-electron chi connectivity index (χ0n) is 39.3. The molecule has 3 aromatic heterocycles. The Hall–Kier alpha value is -7.62. The molecule has 2 aliphatic rings. The van der Waals surface area contributed by atoms with E-state index in [4.69, 9.17) is 9.47 Å². The van der Waals surface area contributed by atoms with Crippen LogP contribution < -0.4 is 4.74 Å². The first-order valence-corrected chi connectivity index (χ1v) is 22.9. The number of fused-ring (bicyclic) bond motifs is 8. The molecule has 0 aliphatic carbocycles. The van der Waals surface area contributed by atoms with Gasteiger partial charge in [0.25, 0.3) is 0 Å². The minimum absolute atomic E-state index is 0.451. The van der Waals surface area contributed by atoms with Gasteiger partial charge in [0, 0.05) is 62.1 Å². The summed E-state index contributed by atoms with van der Waals surface area (Å²) >= 11 is 0. The molecule has 5 heterocycles. The van der Waals surface area contributed by atoms with Crippen LogP contribution in [0.25, 0.3) is 78.7 Å². The molecule has 0 spiro atoms. The van der Waals surface area contributed by atoms with Crippen molar-refractivity contribution in [3.63, 3.8) is 0 Å². The molecule has 0 radical (unpaired) electrons. The van der Waals surface area contributed by atoms with Gasteiger partial charge in [0.2, 0.25) is 12.2 Å². The molecule has 9 rings (SSSR count). The van der Waals surface area contributed by atoms with Crippen LogP contribution in [0.15, 0.2) is 24.3 Å². The molecule has 2 N–H and O–H groups in total. The third kappa shape index (κ3) is 7.92. The van der Waals surface area contributed by atoms with Gasteiger partial charge in [-0.05, 0) is 69.0 Å². The van der Waals surface area contributed by atoms with E-state index in [0.717, 1.165) is 64.1 Å². The number of H-pyrrole nitrogens is 2. The first kappa shape index (κ1) is 52.3. The summed E-state index contributed by atoms with van der Waals surface area (Å²) < 4.78 is 271. The SMILES string of the molecule is CCOC1Oc2nc1c(-c1c(F)c(F)c(CC)c(F)c1F)c1ccc([nH]1)c(-c1c(F)c(F)c(CC)c(F)c1F)c1nc(c(-c3c(F)c(F)c(CC)c(F)c3F)c3ccc([nH]3)c2-c2c(F)c(F)c(CC)c(F)c2F)C=C1. The molecule has 7 aromatic rings. The highest BCUT2D eigenvalue weighted by molar-refractivity contribution is 5.98. The van der Waals surface area contributed by atoms with Gasteiger partial charge in [0.05, 0.1) is 44.7 Å². The van der Waals surface area contributed by atoms with Gasteiger partial charge in [-0.3, -0.25) is 0 Å². The Kier molecular flexibility index (Phi) is 13.6. The van der Waals surface area contributed by atoms with Crippen molar-refractivity contribution in [2.45, 2.75) is 66.6 Å². The molecule has 0 fully saturated rings. The Morgan fingerprint density at radius 1 is 0.373 bits per heavy atom. The van der Waals surface area contributed by atoms with E-state index in [9.17, 15) is 0 Å². The molecule has 1 unspecified atom stereocenters. The summed E-state index contributed by atoms with van der Waals surface area (Å²) in [7, 11) is 0. The normalized spacial score (nSPS) is 13.4. The van der Waals surface area contributed by atoms with Crippen molar-refractivity contribution in [3.8, 4) is 50.4 Å². The van der Waals surface area contributed by atoms with Crippen LogP contribution >= 0.6 is 0 Å².